The first kappa shape index (κ1) is 9.51. The number of hydrogen-bond acceptors (Lipinski definition) is 4. The Balaban J connectivity index is 3.28. The summed E-state index contributed by atoms with van der Waals surface area (Å²) in [5.41, 5.74) is 0.227. The van der Waals surface area contributed by atoms with Crippen molar-refractivity contribution < 1.29 is 5.21 Å². The molecule has 12 heavy (non-hydrogen) atoms. The average molecular weight is 226 g/mol. The summed E-state index contributed by atoms with van der Waals surface area (Å²) in [5.74, 6) is 0. The summed E-state index contributed by atoms with van der Waals surface area (Å²) in [7, 11) is 0. The van der Waals surface area contributed by atoms with Crippen LogP contribution in [0.4, 0.5) is 0 Å². The Hall–Kier alpha value is -0.580. The predicted molar refractivity (Wildman–Crippen MR) is 46.4 cm³/mol. The maximum absolute atomic E-state index is 8.20. The van der Waals surface area contributed by atoms with E-state index in [2.05, 4.69) is 15.1 Å². The smallest absolute Gasteiger partial charge is 0.225 e. The van der Waals surface area contributed by atoms with E-state index in [-0.39, 0.29) is 21.2 Å². The van der Waals surface area contributed by atoms with Crippen LogP contribution in [0, 0.1) is 0 Å². The molecule has 0 saturated heterocycles. The van der Waals surface area contributed by atoms with Crippen LogP contribution in [0.1, 0.15) is 5.56 Å². The van der Waals surface area contributed by atoms with E-state index in [1.165, 1.54) is 0 Å². The van der Waals surface area contributed by atoms with Crippen LogP contribution in [0.15, 0.2) is 5.16 Å². The van der Waals surface area contributed by atoms with Crippen LogP contribution in [0.5, 0.6) is 0 Å². The molecule has 4 nitrogen and oxygen atoms in total. The highest BCUT2D eigenvalue weighted by Gasteiger charge is 2.08. The Morgan fingerprint density at radius 2 is 1.67 bits per heavy atom. The van der Waals surface area contributed by atoms with Gasteiger partial charge < -0.3 is 5.21 Å². The van der Waals surface area contributed by atoms with Gasteiger partial charge in [-0.05, 0) is 11.6 Å². The standard InChI is InChI=1S/C5H2Cl3N3O/c6-3-2(1-9-12)4(7)11-5(8)10-3/h1,12H/b9-1+. The van der Waals surface area contributed by atoms with Gasteiger partial charge in [0.25, 0.3) is 0 Å². The molecule has 0 aromatic carbocycles. The molecule has 64 valence electrons. The van der Waals surface area contributed by atoms with Gasteiger partial charge in [-0.15, -0.1) is 0 Å². The van der Waals surface area contributed by atoms with Gasteiger partial charge in [-0.25, -0.2) is 9.97 Å². The van der Waals surface area contributed by atoms with Gasteiger partial charge in [-0.1, -0.05) is 28.4 Å². The molecule has 0 unspecified atom stereocenters. The van der Waals surface area contributed by atoms with Crippen molar-refractivity contribution in [2.75, 3.05) is 0 Å². The summed E-state index contributed by atoms with van der Waals surface area (Å²) in [6, 6.07) is 0. The lowest BCUT2D eigenvalue weighted by atomic mass is 10.4. The van der Waals surface area contributed by atoms with E-state index in [9.17, 15) is 0 Å². The number of nitrogens with zero attached hydrogens (tertiary/aromatic N) is 3. The fraction of sp³-hybridized carbons (Fsp3) is 0. The minimum absolute atomic E-state index is 0.0396. The second kappa shape index (κ2) is 3.89. The van der Waals surface area contributed by atoms with E-state index in [4.69, 9.17) is 40.0 Å². The molecular weight excluding hydrogens is 224 g/mol. The third kappa shape index (κ3) is 1.97. The lowest BCUT2D eigenvalue weighted by Gasteiger charge is -1.98. The van der Waals surface area contributed by atoms with Crippen LogP contribution in [-0.4, -0.2) is 21.4 Å². The maximum Gasteiger partial charge on any atom is 0.225 e. The maximum atomic E-state index is 8.20. The Bertz CT molecular complexity index is 305. The zero-order valence-corrected chi connectivity index (χ0v) is 7.77. The monoisotopic (exact) mass is 225 g/mol. The molecule has 1 aromatic heterocycles. The van der Waals surface area contributed by atoms with Crippen molar-refractivity contribution in [1.29, 1.82) is 0 Å². The van der Waals surface area contributed by atoms with Gasteiger partial charge in [0, 0.05) is 0 Å². The van der Waals surface area contributed by atoms with Gasteiger partial charge in [-0.2, -0.15) is 0 Å². The zero-order valence-electron chi connectivity index (χ0n) is 5.50. The molecule has 0 saturated carbocycles. The van der Waals surface area contributed by atoms with Gasteiger partial charge in [0.1, 0.15) is 10.3 Å². The van der Waals surface area contributed by atoms with Crippen LogP contribution < -0.4 is 0 Å². The molecule has 0 aliphatic rings. The lowest BCUT2D eigenvalue weighted by Crippen LogP contribution is -1.93. The first-order valence-electron chi connectivity index (χ1n) is 2.71. The van der Waals surface area contributed by atoms with Gasteiger partial charge in [0.15, 0.2) is 0 Å². The topological polar surface area (TPSA) is 58.4 Å². The van der Waals surface area contributed by atoms with E-state index < -0.39 is 0 Å². The number of aromatic nitrogens is 2. The van der Waals surface area contributed by atoms with E-state index in [0.717, 1.165) is 6.21 Å². The molecule has 0 amide bonds. The van der Waals surface area contributed by atoms with Gasteiger partial charge in [-0.3, -0.25) is 0 Å². The fourth-order valence-electron chi connectivity index (χ4n) is 0.557. The Kier molecular flexibility index (Phi) is 3.08. The molecule has 1 N–H and O–H groups in total. The van der Waals surface area contributed by atoms with E-state index in [0.29, 0.717) is 0 Å². The van der Waals surface area contributed by atoms with Crippen molar-refractivity contribution in [1.82, 2.24) is 9.97 Å². The second-order valence-corrected chi connectivity index (χ2v) is 2.79. The minimum atomic E-state index is -0.0555. The van der Waals surface area contributed by atoms with Gasteiger partial charge in [0.2, 0.25) is 5.28 Å². The van der Waals surface area contributed by atoms with Crippen molar-refractivity contribution >= 4 is 41.0 Å². The van der Waals surface area contributed by atoms with E-state index in [1.54, 1.807) is 0 Å². The molecule has 0 radical (unpaired) electrons. The molecule has 0 fully saturated rings. The van der Waals surface area contributed by atoms with Crippen molar-refractivity contribution in [2.24, 2.45) is 5.16 Å². The molecule has 1 heterocycles. The molecular formula is C5H2Cl3N3O. The Morgan fingerprint density at radius 3 is 2.08 bits per heavy atom. The molecule has 0 bridgehead atoms. The zero-order chi connectivity index (χ0) is 9.14. The molecule has 0 aliphatic carbocycles. The summed E-state index contributed by atoms with van der Waals surface area (Å²) in [6.07, 6.45) is 1.03. The second-order valence-electron chi connectivity index (χ2n) is 1.73. The summed E-state index contributed by atoms with van der Waals surface area (Å²) in [6.45, 7) is 0. The molecule has 0 aliphatic heterocycles. The van der Waals surface area contributed by atoms with E-state index >= 15 is 0 Å². The molecule has 1 aromatic rings. The Morgan fingerprint density at radius 1 is 1.17 bits per heavy atom. The number of rotatable bonds is 1. The van der Waals surface area contributed by atoms with Crippen LogP contribution in [0.3, 0.4) is 0 Å². The molecule has 0 atom stereocenters. The normalized spacial score (nSPS) is 10.9. The average Bonchev–Trinajstić information content (AvgIpc) is 1.96. The predicted octanol–water partition coefficient (Wildman–Crippen LogP) is 2.24. The van der Waals surface area contributed by atoms with E-state index in [1.807, 2.05) is 0 Å². The van der Waals surface area contributed by atoms with Crippen molar-refractivity contribution in [3.8, 4) is 0 Å². The van der Waals surface area contributed by atoms with Crippen molar-refractivity contribution in [3.63, 3.8) is 0 Å². The van der Waals surface area contributed by atoms with Crippen molar-refractivity contribution in [2.45, 2.75) is 0 Å². The largest absolute Gasteiger partial charge is 0.411 e. The number of hydrogen-bond donors (Lipinski definition) is 1. The highest BCUT2D eigenvalue weighted by molar-refractivity contribution is 6.38. The van der Waals surface area contributed by atoms with Crippen LogP contribution >= 0.6 is 34.8 Å². The summed E-state index contributed by atoms with van der Waals surface area (Å²) >= 11 is 16.6. The molecule has 7 heteroatoms. The number of halogens is 3. The SMILES string of the molecule is O/N=C/c1c(Cl)nc(Cl)nc1Cl. The molecule has 0 spiro atoms. The number of oxime groups is 1. The summed E-state index contributed by atoms with van der Waals surface area (Å²) in [4.78, 5) is 7.17. The highest BCUT2D eigenvalue weighted by atomic mass is 35.5. The lowest BCUT2D eigenvalue weighted by molar-refractivity contribution is 0.322. The van der Waals surface area contributed by atoms with Crippen LogP contribution in [0.25, 0.3) is 0 Å². The van der Waals surface area contributed by atoms with Gasteiger partial charge in [0.05, 0.1) is 11.8 Å². The quantitative estimate of drug-likeness (QED) is 0.263. The summed E-state index contributed by atoms with van der Waals surface area (Å²) < 4.78 is 0. The summed E-state index contributed by atoms with van der Waals surface area (Å²) in [5, 5.41) is 11.0. The molecule has 1 rings (SSSR count). The first-order valence-corrected chi connectivity index (χ1v) is 3.84. The minimum Gasteiger partial charge on any atom is -0.411 e. The van der Waals surface area contributed by atoms with Crippen LogP contribution in [0.2, 0.25) is 15.6 Å². The third-order valence-electron chi connectivity index (χ3n) is 1.01. The van der Waals surface area contributed by atoms with Crippen molar-refractivity contribution in [3.05, 3.63) is 21.2 Å². The third-order valence-corrected chi connectivity index (χ3v) is 1.76. The fourth-order valence-corrected chi connectivity index (χ4v) is 1.30. The van der Waals surface area contributed by atoms with Gasteiger partial charge >= 0.3 is 0 Å². The first-order chi connectivity index (χ1) is 5.65. The Labute approximate surface area is 82.8 Å². The highest BCUT2D eigenvalue weighted by Crippen LogP contribution is 2.20. The van der Waals surface area contributed by atoms with Crippen LogP contribution in [-0.2, 0) is 0 Å².